The highest BCUT2D eigenvalue weighted by Gasteiger charge is 2.18. The lowest BCUT2D eigenvalue weighted by Crippen LogP contribution is -1.92. The molecule has 46 valence electrons. The van der Waals surface area contributed by atoms with Crippen molar-refractivity contribution in [2.24, 2.45) is 11.8 Å². The molecule has 0 aliphatic heterocycles. The fourth-order valence-corrected chi connectivity index (χ4v) is 1.40. The zero-order valence-corrected chi connectivity index (χ0v) is 5.35. The molecule has 1 rings (SSSR count). The summed E-state index contributed by atoms with van der Waals surface area (Å²) >= 11 is 0. The average Bonchev–Trinajstić information content (AvgIpc) is 2.14. The van der Waals surface area contributed by atoms with Crippen molar-refractivity contribution < 1.29 is 0 Å². The second kappa shape index (κ2) is 2.29. The van der Waals surface area contributed by atoms with Crippen molar-refractivity contribution in [1.82, 2.24) is 0 Å². The summed E-state index contributed by atoms with van der Waals surface area (Å²) < 4.78 is 0. The largest absolute Gasteiger partial charge is 0.313 e. The Labute approximate surface area is 50.6 Å². The molecule has 1 aliphatic carbocycles. The fraction of sp³-hybridized carbons (Fsp3) is 0.857. The van der Waals surface area contributed by atoms with E-state index in [1.807, 2.05) is 0 Å². The second-order valence-electron chi connectivity index (χ2n) is 2.84. The molecule has 0 spiro atoms. The quantitative estimate of drug-likeness (QED) is 0.501. The summed E-state index contributed by atoms with van der Waals surface area (Å²) in [6.07, 6.45) is 5.44. The highest BCUT2D eigenvalue weighted by molar-refractivity contribution is 5.57. The number of nitrogens with one attached hydrogen (secondary N) is 1. The normalized spacial score (nSPS) is 37.6. The van der Waals surface area contributed by atoms with Gasteiger partial charge in [0.05, 0.1) is 0 Å². The van der Waals surface area contributed by atoms with Gasteiger partial charge in [-0.05, 0) is 30.9 Å². The van der Waals surface area contributed by atoms with Crippen molar-refractivity contribution in [2.75, 3.05) is 0 Å². The highest BCUT2D eigenvalue weighted by Crippen LogP contribution is 2.28. The molecule has 1 heteroatoms. The Morgan fingerprint density at radius 1 is 1.50 bits per heavy atom. The standard InChI is InChI=1S/C7H13N/c1-6-2-3-7(4-6)5-8/h5-8H,2-4H2,1H3. The van der Waals surface area contributed by atoms with Gasteiger partial charge in [0.15, 0.2) is 0 Å². The molecule has 0 aromatic carbocycles. The molecule has 1 nitrogen and oxygen atoms in total. The smallest absolute Gasteiger partial charge is 0.00166 e. The number of rotatable bonds is 1. The van der Waals surface area contributed by atoms with Gasteiger partial charge in [-0.2, -0.15) is 0 Å². The molecule has 0 heterocycles. The van der Waals surface area contributed by atoms with E-state index in [9.17, 15) is 0 Å². The summed E-state index contributed by atoms with van der Waals surface area (Å²) in [5, 5.41) is 6.96. The Morgan fingerprint density at radius 3 is 2.50 bits per heavy atom. The zero-order valence-electron chi connectivity index (χ0n) is 5.35. The van der Waals surface area contributed by atoms with E-state index in [1.165, 1.54) is 19.3 Å². The van der Waals surface area contributed by atoms with E-state index in [2.05, 4.69) is 6.92 Å². The van der Waals surface area contributed by atoms with Gasteiger partial charge in [-0.25, -0.2) is 0 Å². The molecule has 1 saturated carbocycles. The summed E-state index contributed by atoms with van der Waals surface area (Å²) in [7, 11) is 0. The molecule has 1 fully saturated rings. The Hall–Kier alpha value is -0.330. The van der Waals surface area contributed by atoms with Crippen LogP contribution in [0.3, 0.4) is 0 Å². The molecule has 8 heavy (non-hydrogen) atoms. The van der Waals surface area contributed by atoms with Gasteiger partial charge in [-0.1, -0.05) is 13.3 Å². The van der Waals surface area contributed by atoms with Gasteiger partial charge < -0.3 is 5.41 Å². The van der Waals surface area contributed by atoms with Crippen molar-refractivity contribution in [3.63, 3.8) is 0 Å². The van der Waals surface area contributed by atoms with Crippen LogP contribution in [0.2, 0.25) is 0 Å². The maximum Gasteiger partial charge on any atom is -0.00166 e. The van der Waals surface area contributed by atoms with Crippen LogP contribution in [0.4, 0.5) is 0 Å². The molecular formula is C7H13N. The number of hydrogen-bond donors (Lipinski definition) is 1. The molecule has 0 bridgehead atoms. The Bertz CT molecular complexity index is 88.4. The van der Waals surface area contributed by atoms with Crippen LogP contribution in [0.5, 0.6) is 0 Å². The van der Waals surface area contributed by atoms with Gasteiger partial charge in [-0.15, -0.1) is 0 Å². The summed E-state index contributed by atoms with van der Waals surface area (Å²) in [6, 6.07) is 0. The molecular weight excluding hydrogens is 98.1 g/mol. The van der Waals surface area contributed by atoms with Crippen LogP contribution in [0.15, 0.2) is 0 Å². The van der Waals surface area contributed by atoms with E-state index in [-0.39, 0.29) is 0 Å². The minimum atomic E-state index is 0.616. The first kappa shape index (κ1) is 5.80. The molecule has 0 aromatic rings. The van der Waals surface area contributed by atoms with Crippen molar-refractivity contribution >= 4 is 6.21 Å². The molecule has 0 saturated heterocycles. The fourth-order valence-electron chi connectivity index (χ4n) is 1.40. The van der Waals surface area contributed by atoms with Gasteiger partial charge in [-0.3, -0.25) is 0 Å². The molecule has 2 unspecified atom stereocenters. The predicted octanol–water partition coefficient (Wildman–Crippen LogP) is 2.07. The van der Waals surface area contributed by atoms with Gasteiger partial charge in [0.2, 0.25) is 0 Å². The van der Waals surface area contributed by atoms with Crippen molar-refractivity contribution in [3.8, 4) is 0 Å². The van der Waals surface area contributed by atoms with Crippen LogP contribution >= 0.6 is 0 Å². The summed E-state index contributed by atoms with van der Waals surface area (Å²) in [5.74, 6) is 1.49. The first-order valence-electron chi connectivity index (χ1n) is 3.33. The van der Waals surface area contributed by atoms with E-state index < -0.39 is 0 Å². The molecule has 0 aromatic heterocycles. The van der Waals surface area contributed by atoms with E-state index >= 15 is 0 Å². The van der Waals surface area contributed by atoms with Crippen LogP contribution in [-0.2, 0) is 0 Å². The minimum absolute atomic E-state index is 0.616. The van der Waals surface area contributed by atoms with E-state index in [1.54, 1.807) is 6.21 Å². The van der Waals surface area contributed by atoms with Gasteiger partial charge in [0.25, 0.3) is 0 Å². The highest BCUT2D eigenvalue weighted by atomic mass is 14.4. The van der Waals surface area contributed by atoms with Gasteiger partial charge in [0.1, 0.15) is 0 Å². The molecule has 1 N–H and O–H groups in total. The lowest BCUT2D eigenvalue weighted by molar-refractivity contribution is 0.598. The SMILES string of the molecule is CC1CCC(C=N)C1. The first-order valence-corrected chi connectivity index (χ1v) is 3.33. The lowest BCUT2D eigenvalue weighted by atomic mass is 10.1. The van der Waals surface area contributed by atoms with Crippen LogP contribution < -0.4 is 0 Å². The minimum Gasteiger partial charge on any atom is -0.313 e. The van der Waals surface area contributed by atoms with Crippen LogP contribution in [-0.4, -0.2) is 6.21 Å². The zero-order chi connectivity index (χ0) is 5.98. The Morgan fingerprint density at radius 2 is 2.25 bits per heavy atom. The van der Waals surface area contributed by atoms with Crippen molar-refractivity contribution in [1.29, 1.82) is 5.41 Å². The van der Waals surface area contributed by atoms with Gasteiger partial charge in [0, 0.05) is 0 Å². The topological polar surface area (TPSA) is 23.9 Å². The maximum atomic E-state index is 6.96. The Kier molecular flexibility index (Phi) is 1.66. The lowest BCUT2D eigenvalue weighted by Gasteiger charge is -1.97. The number of hydrogen-bond acceptors (Lipinski definition) is 1. The monoisotopic (exact) mass is 111 g/mol. The Balaban J connectivity index is 2.32. The average molecular weight is 111 g/mol. The molecule has 1 aliphatic rings. The van der Waals surface area contributed by atoms with Crippen LogP contribution in [0.25, 0.3) is 0 Å². The molecule has 2 atom stereocenters. The molecule has 0 amide bonds. The molecule has 0 radical (unpaired) electrons. The van der Waals surface area contributed by atoms with Crippen LogP contribution in [0.1, 0.15) is 26.2 Å². The third kappa shape index (κ3) is 1.09. The summed E-state index contributed by atoms with van der Waals surface area (Å²) in [5.41, 5.74) is 0. The third-order valence-electron chi connectivity index (χ3n) is 1.97. The van der Waals surface area contributed by atoms with Gasteiger partial charge >= 0.3 is 0 Å². The van der Waals surface area contributed by atoms with Crippen LogP contribution in [0, 0.1) is 17.2 Å². The van der Waals surface area contributed by atoms with E-state index in [0.717, 1.165) is 5.92 Å². The van der Waals surface area contributed by atoms with Crippen molar-refractivity contribution in [2.45, 2.75) is 26.2 Å². The third-order valence-corrected chi connectivity index (χ3v) is 1.97. The van der Waals surface area contributed by atoms with Crippen molar-refractivity contribution in [3.05, 3.63) is 0 Å². The maximum absolute atomic E-state index is 6.96. The van der Waals surface area contributed by atoms with E-state index in [0.29, 0.717) is 5.92 Å². The summed E-state index contributed by atoms with van der Waals surface area (Å²) in [4.78, 5) is 0. The predicted molar refractivity (Wildman–Crippen MR) is 35.3 cm³/mol. The summed E-state index contributed by atoms with van der Waals surface area (Å²) in [6.45, 7) is 2.27. The first-order chi connectivity index (χ1) is 3.83. The second-order valence-corrected chi connectivity index (χ2v) is 2.84. The van der Waals surface area contributed by atoms with E-state index in [4.69, 9.17) is 5.41 Å².